The molecule has 3 heteroatoms. The van der Waals surface area contributed by atoms with E-state index in [0.717, 1.165) is 18.4 Å². The van der Waals surface area contributed by atoms with E-state index < -0.39 is 0 Å². The smallest absolute Gasteiger partial charge is 0.251 e. The third kappa shape index (κ3) is 2.42. The van der Waals surface area contributed by atoms with Crippen molar-refractivity contribution in [1.82, 2.24) is 5.32 Å². The molecule has 16 heavy (non-hydrogen) atoms. The molecule has 1 aliphatic carbocycles. The van der Waals surface area contributed by atoms with Crippen LogP contribution in [0.25, 0.3) is 0 Å². The molecule has 86 valence electrons. The molecule has 0 aliphatic heterocycles. The van der Waals surface area contributed by atoms with Crippen molar-refractivity contribution in [3.8, 4) is 0 Å². The van der Waals surface area contributed by atoms with Gasteiger partial charge in [-0.15, -0.1) is 0 Å². The van der Waals surface area contributed by atoms with Crippen molar-refractivity contribution in [2.24, 2.45) is 0 Å². The number of nitrogens with one attached hydrogen (secondary N) is 1. The van der Waals surface area contributed by atoms with Gasteiger partial charge >= 0.3 is 0 Å². The van der Waals surface area contributed by atoms with E-state index in [-0.39, 0.29) is 12.5 Å². The van der Waals surface area contributed by atoms with Gasteiger partial charge in [-0.3, -0.25) is 4.79 Å². The van der Waals surface area contributed by atoms with Gasteiger partial charge in [0.15, 0.2) is 0 Å². The van der Waals surface area contributed by atoms with Crippen molar-refractivity contribution in [3.05, 3.63) is 34.9 Å². The van der Waals surface area contributed by atoms with Crippen LogP contribution in [0.4, 0.5) is 0 Å². The van der Waals surface area contributed by atoms with E-state index >= 15 is 0 Å². The highest BCUT2D eigenvalue weighted by atomic mass is 16.3. The molecule has 1 aromatic rings. The fourth-order valence-corrected chi connectivity index (χ4v) is 2.10. The van der Waals surface area contributed by atoms with E-state index in [2.05, 4.69) is 11.4 Å². The van der Waals surface area contributed by atoms with E-state index in [1.165, 1.54) is 17.5 Å². The predicted molar refractivity (Wildman–Crippen MR) is 62.5 cm³/mol. The molecule has 0 heterocycles. The van der Waals surface area contributed by atoms with Gasteiger partial charge in [0.05, 0.1) is 0 Å². The Balaban J connectivity index is 2.01. The normalized spacial score (nSPS) is 13.6. The molecule has 1 amide bonds. The number of fused-ring (bicyclic) bond motifs is 1. The van der Waals surface area contributed by atoms with Crippen LogP contribution >= 0.6 is 0 Å². The van der Waals surface area contributed by atoms with Crippen molar-refractivity contribution in [1.29, 1.82) is 0 Å². The molecule has 1 aliphatic rings. The first kappa shape index (κ1) is 11.1. The molecule has 0 fully saturated rings. The summed E-state index contributed by atoms with van der Waals surface area (Å²) in [5.74, 6) is -0.0387. The summed E-state index contributed by atoms with van der Waals surface area (Å²) < 4.78 is 0. The van der Waals surface area contributed by atoms with Crippen LogP contribution in [-0.2, 0) is 12.8 Å². The summed E-state index contributed by atoms with van der Waals surface area (Å²) in [7, 11) is 0. The van der Waals surface area contributed by atoms with Crippen molar-refractivity contribution >= 4 is 5.91 Å². The zero-order valence-corrected chi connectivity index (χ0v) is 9.33. The molecule has 0 bridgehead atoms. The van der Waals surface area contributed by atoms with Crippen molar-refractivity contribution in [3.63, 3.8) is 0 Å². The Bertz CT molecular complexity index is 388. The number of aliphatic hydroxyl groups excluding tert-OH is 1. The van der Waals surface area contributed by atoms with E-state index in [1.807, 2.05) is 12.1 Å². The zero-order valence-electron chi connectivity index (χ0n) is 9.33. The van der Waals surface area contributed by atoms with Crippen LogP contribution < -0.4 is 5.32 Å². The molecule has 3 nitrogen and oxygen atoms in total. The van der Waals surface area contributed by atoms with Crippen LogP contribution in [0.1, 0.15) is 34.3 Å². The first-order chi connectivity index (χ1) is 7.81. The van der Waals surface area contributed by atoms with Gasteiger partial charge in [0, 0.05) is 18.7 Å². The largest absolute Gasteiger partial charge is 0.396 e. The SMILES string of the molecule is O=C(NCCCO)c1ccc2c(c1)CCC2. The standard InChI is InChI=1S/C13H17NO2/c15-8-2-7-14-13(16)12-6-5-10-3-1-4-11(10)9-12/h5-6,9,15H,1-4,7-8H2,(H,14,16). The minimum Gasteiger partial charge on any atom is -0.396 e. The summed E-state index contributed by atoms with van der Waals surface area (Å²) in [4.78, 5) is 11.7. The van der Waals surface area contributed by atoms with Gasteiger partial charge in [0.25, 0.3) is 5.91 Å². The third-order valence-corrected chi connectivity index (χ3v) is 2.98. The molecule has 2 N–H and O–H groups in total. The fourth-order valence-electron chi connectivity index (χ4n) is 2.10. The number of aliphatic hydroxyl groups is 1. The van der Waals surface area contributed by atoms with E-state index in [9.17, 15) is 4.79 Å². The minimum absolute atomic E-state index is 0.0387. The maximum absolute atomic E-state index is 11.7. The lowest BCUT2D eigenvalue weighted by Crippen LogP contribution is -2.25. The second-order valence-corrected chi connectivity index (χ2v) is 4.17. The highest BCUT2D eigenvalue weighted by Crippen LogP contribution is 2.22. The number of amides is 1. The number of benzene rings is 1. The Morgan fingerprint density at radius 3 is 2.94 bits per heavy atom. The first-order valence-electron chi connectivity index (χ1n) is 5.82. The van der Waals surface area contributed by atoms with E-state index in [0.29, 0.717) is 13.0 Å². The quantitative estimate of drug-likeness (QED) is 0.750. The van der Waals surface area contributed by atoms with Gasteiger partial charge in [-0.1, -0.05) is 6.07 Å². The van der Waals surface area contributed by atoms with Gasteiger partial charge in [-0.05, 0) is 48.9 Å². The average Bonchev–Trinajstić information content (AvgIpc) is 2.76. The van der Waals surface area contributed by atoms with E-state index in [4.69, 9.17) is 5.11 Å². The van der Waals surface area contributed by atoms with E-state index in [1.54, 1.807) is 0 Å². The van der Waals surface area contributed by atoms with Gasteiger partial charge in [0.1, 0.15) is 0 Å². The summed E-state index contributed by atoms with van der Waals surface area (Å²) in [6.45, 7) is 0.650. The molecule has 0 saturated heterocycles. The van der Waals surface area contributed by atoms with Gasteiger partial charge in [-0.2, -0.15) is 0 Å². The Morgan fingerprint density at radius 1 is 1.31 bits per heavy atom. The number of carbonyl (C=O) groups is 1. The van der Waals surface area contributed by atoms with Crippen LogP contribution in [0, 0.1) is 0 Å². The second kappa shape index (κ2) is 5.12. The average molecular weight is 219 g/mol. The molecule has 0 atom stereocenters. The maximum atomic E-state index is 11.7. The summed E-state index contributed by atoms with van der Waals surface area (Å²) >= 11 is 0. The Labute approximate surface area is 95.5 Å². The second-order valence-electron chi connectivity index (χ2n) is 4.17. The highest BCUT2D eigenvalue weighted by molar-refractivity contribution is 5.94. The molecule has 0 unspecified atom stereocenters. The van der Waals surface area contributed by atoms with Crippen LogP contribution in [-0.4, -0.2) is 24.2 Å². The summed E-state index contributed by atoms with van der Waals surface area (Å²) in [5, 5.41) is 11.4. The summed E-state index contributed by atoms with van der Waals surface area (Å²) in [5.41, 5.74) is 3.43. The number of rotatable bonds is 4. The molecule has 2 rings (SSSR count). The fraction of sp³-hybridized carbons (Fsp3) is 0.462. The minimum atomic E-state index is -0.0387. The van der Waals surface area contributed by atoms with Crippen LogP contribution in [0.15, 0.2) is 18.2 Å². The van der Waals surface area contributed by atoms with Gasteiger partial charge in [0.2, 0.25) is 0 Å². The molecule has 0 saturated carbocycles. The molecule has 0 radical (unpaired) electrons. The number of aryl methyl sites for hydroxylation is 2. The lowest BCUT2D eigenvalue weighted by atomic mass is 10.1. The van der Waals surface area contributed by atoms with Crippen molar-refractivity contribution in [2.75, 3.05) is 13.2 Å². The van der Waals surface area contributed by atoms with Gasteiger partial charge in [-0.25, -0.2) is 0 Å². The number of hydrogen-bond acceptors (Lipinski definition) is 2. The Hall–Kier alpha value is -1.35. The van der Waals surface area contributed by atoms with Crippen LogP contribution in [0.2, 0.25) is 0 Å². The van der Waals surface area contributed by atoms with Crippen LogP contribution in [0.3, 0.4) is 0 Å². The zero-order chi connectivity index (χ0) is 11.4. The third-order valence-electron chi connectivity index (χ3n) is 2.98. The lowest BCUT2D eigenvalue weighted by Gasteiger charge is -2.06. The molecular formula is C13H17NO2. The summed E-state index contributed by atoms with van der Waals surface area (Å²) in [6.07, 6.45) is 4.04. The predicted octanol–water partition coefficient (Wildman–Crippen LogP) is 1.29. The molecule has 1 aromatic carbocycles. The van der Waals surface area contributed by atoms with Crippen molar-refractivity contribution in [2.45, 2.75) is 25.7 Å². The number of carbonyl (C=O) groups excluding carboxylic acids is 1. The first-order valence-corrected chi connectivity index (χ1v) is 5.82. The molecule has 0 spiro atoms. The summed E-state index contributed by atoms with van der Waals surface area (Å²) in [6, 6.07) is 5.94. The maximum Gasteiger partial charge on any atom is 0.251 e. The Morgan fingerprint density at radius 2 is 2.12 bits per heavy atom. The molecule has 0 aromatic heterocycles. The van der Waals surface area contributed by atoms with Gasteiger partial charge < -0.3 is 10.4 Å². The van der Waals surface area contributed by atoms with Crippen molar-refractivity contribution < 1.29 is 9.90 Å². The Kier molecular flexibility index (Phi) is 3.57. The lowest BCUT2D eigenvalue weighted by molar-refractivity contribution is 0.0951. The van der Waals surface area contributed by atoms with Crippen LogP contribution in [0.5, 0.6) is 0 Å². The topological polar surface area (TPSA) is 49.3 Å². The highest BCUT2D eigenvalue weighted by Gasteiger charge is 2.13. The number of hydrogen-bond donors (Lipinski definition) is 2. The monoisotopic (exact) mass is 219 g/mol. The molecular weight excluding hydrogens is 202 g/mol.